The highest BCUT2D eigenvalue weighted by Crippen LogP contribution is 2.72. The Kier molecular flexibility index (Phi) is 1.97. The molecule has 2 heteroatoms. The van der Waals surface area contributed by atoms with Crippen molar-refractivity contribution in [1.82, 2.24) is 0 Å². The fourth-order valence-electron chi connectivity index (χ4n) is 3.14. The number of rotatable bonds is 2. The van der Waals surface area contributed by atoms with E-state index in [2.05, 4.69) is 32.7 Å². The van der Waals surface area contributed by atoms with E-state index in [1.54, 1.807) is 6.08 Å². The van der Waals surface area contributed by atoms with Gasteiger partial charge in [0.1, 0.15) is 0 Å². The highest BCUT2D eigenvalue weighted by molar-refractivity contribution is 5.36. The third-order valence-corrected chi connectivity index (χ3v) is 4.06. The third-order valence-electron chi connectivity index (χ3n) is 4.06. The zero-order chi connectivity index (χ0) is 10.5. The molecule has 1 saturated carbocycles. The van der Waals surface area contributed by atoms with Crippen LogP contribution in [0.3, 0.4) is 0 Å². The second-order valence-electron chi connectivity index (χ2n) is 5.73. The number of carbonyl (C=O) groups excluding carboxylic acids is 1. The summed E-state index contributed by atoms with van der Waals surface area (Å²) in [5.41, 5.74) is 0.280. The zero-order valence-corrected chi connectivity index (χ0v) is 9.43. The van der Waals surface area contributed by atoms with Crippen molar-refractivity contribution in [1.29, 1.82) is 0 Å². The summed E-state index contributed by atoms with van der Waals surface area (Å²) < 4.78 is 0. The molecule has 0 spiro atoms. The summed E-state index contributed by atoms with van der Waals surface area (Å²) in [7, 11) is 0. The van der Waals surface area contributed by atoms with Crippen molar-refractivity contribution in [3.05, 3.63) is 0 Å². The summed E-state index contributed by atoms with van der Waals surface area (Å²) >= 11 is 0. The fraction of sp³-hybridized carbons (Fsp3) is 0.909. The van der Waals surface area contributed by atoms with Gasteiger partial charge in [0.2, 0.25) is 6.08 Å². The van der Waals surface area contributed by atoms with Gasteiger partial charge in [-0.15, -0.1) is 0 Å². The van der Waals surface area contributed by atoms with Crippen LogP contribution in [0, 0.1) is 16.7 Å². The lowest BCUT2D eigenvalue weighted by Crippen LogP contribution is -2.23. The lowest BCUT2D eigenvalue weighted by molar-refractivity contribution is 0.373. The van der Waals surface area contributed by atoms with Crippen molar-refractivity contribution < 1.29 is 4.79 Å². The van der Waals surface area contributed by atoms with Crippen molar-refractivity contribution in [3.8, 4) is 0 Å². The first-order valence-electron chi connectivity index (χ1n) is 4.77. The molecule has 0 radical (unpaired) electrons. The lowest BCUT2D eigenvalue weighted by Gasteiger charge is -2.19. The van der Waals surface area contributed by atoms with Gasteiger partial charge in [0, 0.05) is 0 Å². The van der Waals surface area contributed by atoms with Gasteiger partial charge in [-0.05, 0) is 30.6 Å². The SMILES string of the molecule is CC(C)(N=C=O)C1C(C)(C)C1(C)C. The Bertz CT molecular complexity index is 256. The van der Waals surface area contributed by atoms with E-state index < -0.39 is 0 Å². The molecular weight excluding hydrogens is 162 g/mol. The molecule has 1 fully saturated rings. The maximum absolute atomic E-state index is 10.3. The first-order valence-corrected chi connectivity index (χ1v) is 4.77. The second kappa shape index (κ2) is 2.45. The van der Waals surface area contributed by atoms with Crippen LogP contribution in [0.2, 0.25) is 0 Å². The topological polar surface area (TPSA) is 29.4 Å². The summed E-state index contributed by atoms with van der Waals surface area (Å²) in [5, 5.41) is 0. The standard InChI is InChI=1S/C11H19NO/c1-9(2)8(10(9,3)4)11(5,6)12-7-13/h8H,1-6H3. The summed E-state index contributed by atoms with van der Waals surface area (Å²) in [6.45, 7) is 13.0. The van der Waals surface area contributed by atoms with Crippen LogP contribution in [0.25, 0.3) is 0 Å². The van der Waals surface area contributed by atoms with Gasteiger partial charge in [0.25, 0.3) is 0 Å². The molecule has 0 atom stereocenters. The highest BCUT2D eigenvalue weighted by atomic mass is 16.1. The lowest BCUT2D eigenvalue weighted by atomic mass is 9.92. The number of hydrogen-bond donors (Lipinski definition) is 0. The molecule has 0 bridgehead atoms. The molecule has 0 unspecified atom stereocenters. The third kappa shape index (κ3) is 1.24. The van der Waals surface area contributed by atoms with Gasteiger partial charge in [-0.25, -0.2) is 4.79 Å². The Morgan fingerprint density at radius 3 is 1.77 bits per heavy atom. The number of nitrogens with zero attached hydrogens (tertiary/aromatic N) is 1. The Morgan fingerprint density at radius 1 is 1.15 bits per heavy atom. The molecule has 0 aromatic carbocycles. The summed E-state index contributed by atoms with van der Waals surface area (Å²) in [6.07, 6.45) is 1.68. The number of isocyanates is 1. The molecule has 0 saturated heterocycles. The Balaban J connectivity index is 2.96. The Hall–Kier alpha value is -0.620. The number of hydrogen-bond acceptors (Lipinski definition) is 2. The first kappa shape index (κ1) is 10.5. The van der Waals surface area contributed by atoms with E-state index >= 15 is 0 Å². The molecule has 0 aliphatic heterocycles. The molecule has 0 amide bonds. The van der Waals surface area contributed by atoms with Gasteiger partial charge >= 0.3 is 0 Å². The summed E-state index contributed by atoms with van der Waals surface area (Å²) in [5.74, 6) is 0.467. The van der Waals surface area contributed by atoms with Gasteiger partial charge in [0.05, 0.1) is 5.54 Å². The second-order valence-corrected chi connectivity index (χ2v) is 5.73. The molecule has 0 aromatic rings. The van der Waals surface area contributed by atoms with Crippen molar-refractivity contribution in [3.63, 3.8) is 0 Å². The van der Waals surface area contributed by atoms with Crippen LogP contribution in [-0.4, -0.2) is 11.6 Å². The number of aliphatic imine (C=N–C) groups is 1. The predicted octanol–water partition coefficient (Wildman–Crippen LogP) is 2.78. The van der Waals surface area contributed by atoms with Gasteiger partial charge < -0.3 is 0 Å². The molecule has 1 aliphatic rings. The van der Waals surface area contributed by atoms with Gasteiger partial charge in [-0.3, -0.25) is 0 Å². The van der Waals surface area contributed by atoms with E-state index in [0.717, 1.165) is 0 Å². The van der Waals surface area contributed by atoms with Crippen LogP contribution in [0.15, 0.2) is 4.99 Å². The van der Waals surface area contributed by atoms with E-state index in [4.69, 9.17) is 0 Å². The quantitative estimate of drug-likeness (QED) is 0.476. The minimum atomic E-state index is -0.269. The van der Waals surface area contributed by atoms with Gasteiger partial charge in [0.15, 0.2) is 0 Å². The van der Waals surface area contributed by atoms with Gasteiger partial charge in [-0.1, -0.05) is 27.7 Å². The molecule has 1 aliphatic carbocycles. The van der Waals surface area contributed by atoms with Crippen LogP contribution >= 0.6 is 0 Å². The Morgan fingerprint density at radius 2 is 1.54 bits per heavy atom. The zero-order valence-electron chi connectivity index (χ0n) is 9.43. The summed E-state index contributed by atoms with van der Waals surface area (Å²) in [4.78, 5) is 14.2. The maximum atomic E-state index is 10.3. The van der Waals surface area contributed by atoms with E-state index in [9.17, 15) is 4.79 Å². The van der Waals surface area contributed by atoms with Crippen LogP contribution in [0.1, 0.15) is 41.5 Å². The van der Waals surface area contributed by atoms with E-state index in [-0.39, 0.29) is 16.4 Å². The molecular formula is C11H19NO. The van der Waals surface area contributed by atoms with Gasteiger partial charge in [-0.2, -0.15) is 4.99 Å². The molecule has 74 valence electrons. The minimum absolute atomic E-state index is 0.269. The van der Waals surface area contributed by atoms with E-state index in [0.29, 0.717) is 5.92 Å². The Labute approximate surface area is 80.4 Å². The van der Waals surface area contributed by atoms with Crippen molar-refractivity contribution in [2.75, 3.05) is 0 Å². The molecule has 0 aromatic heterocycles. The minimum Gasteiger partial charge on any atom is -0.211 e. The molecule has 0 N–H and O–H groups in total. The predicted molar refractivity (Wildman–Crippen MR) is 53.3 cm³/mol. The average molecular weight is 181 g/mol. The van der Waals surface area contributed by atoms with Crippen LogP contribution in [-0.2, 0) is 4.79 Å². The van der Waals surface area contributed by atoms with Crippen molar-refractivity contribution >= 4 is 6.08 Å². The fourth-order valence-corrected chi connectivity index (χ4v) is 3.14. The molecule has 1 rings (SSSR count). The largest absolute Gasteiger partial charge is 0.235 e. The maximum Gasteiger partial charge on any atom is 0.235 e. The normalized spacial score (nSPS) is 25.1. The first-order chi connectivity index (χ1) is 5.68. The highest BCUT2D eigenvalue weighted by Gasteiger charge is 2.69. The van der Waals surface area contributed by atoms with E-state index in [1.165, 1.54) is 0 Å². The smallest absolute Gasteiger partial charge is 0.211 e. The monoisotopic (exact) mass is 181 g/mol. The van der Waals surface area contributed by atoms with Crippen molar-refractivity contribution in [2.45, 2.75) is 47.1 Å². The average Bonchev–Trinajstić information content (AvgIpc) is 2.22. The van der Waals surface area contributed by atoms with Crippen LogP contribution in [0.5, 0.6) is 0 Å². The molecule has 0 heterocycles. The molecule has 13 heavy (non-hydrogen) atoms. The van der Waals surface area contributed by atoms with E-state index in [1.807, 2.05) is 13.8 Å². The summed E-state index contributed by atoms with van der Waals surface area (Å²) in [6, 6.07) is 0. The van der Waals surface area contributed by atoms with Crippen molar-refractivity contribution in [2.24, 2.45) is 21.7 Å². The van der Waals surface area contributed by atoms with Crippen LogP contribution < -0.4 is 0 Å². The van der Waals surface area contributed by atoms with Crippen LogP contribution in [0.4, 0.5) is 0 Å². The molecule has 2 nitrogen and oxygen atoms in total.